The van der Waals surface area contributed by atoms with Crippen LogP contribution in [0.4, 0.5) is 0 Å². The second kappa shape index (κ2) is 6.32. The third-order valence-electron chi connectivity index (χ3n) is 2.32. The van der Waals surface area contributed by atoms with Gasteiger partial charge in [0.25, 0.3) is 0 Å². The number of amides is 1. The van der Waals surface area contributed by atoms with Gasteiger partial charge in [-0.3, -0.25) is 9.59 Å². The maximum Gasteiger partial charge on any atom is 0.320 e. The predicted molar refractivity (Wildman–Crippen MR) is 71.0 cm³/mol. The van der Waals surface area contributed by atoms with E-state index >= 15 is 0 Å². The monoisotopic (exact) mass is 276 g/mol. The van der Waals surface area contributed by atoms with Gasteiger partial charge in [0.1, 0.15) is 15.6 Å². The van der Waals surface area contributed by atoms with Gasteiger partial charge in [0.15, 0.2) is 0 Å². The molecule has 2 atom stereocenters. The van der Waals surface area contributed by atoms with Crippen molar-refractivity contribution in [3.63, 3.8) is 0 Å². The first kappa shape index (κ1) is 14.4. The van der Waals surface area contributed by atoms with Gasteiger partial charge in [-0.05, 0) is 12.3 Å². The fourth-order valence-electron chi connectivity index (χ4n) is 1.52. The zero-order valence-corrected chi connectivity index (χ0v) is 11.4. The number of carbonyl (C=O) groups is 2. The van der Waals surface area contributed by atoms with Crippen LogP contribution in [0.15, 0.2) is 0 Å². The molecule has 1 rings (SSSR count). The van der Waals surface area contributed by atoms with Crippen molar-refractivity contribution >= 4 is 40.2 Å². The van der Waals surface area contributed by atoms with Crippen LogP contribution < -0.4 is 10.6 Å². The molecule has 0 aromatic heterocycles. The molecule has 2 unspecified atom stereocenters. The van der Waals surface area contributed by atoms with Crippen LogP contribution in [-0.2, 0) is 9.59 Å². The molecule has 0 saturated carbocycles. The summed E-state index contributed by atoms with van der Waals surface area (Å²) in [4.78, 5) is 22.4. The normalized spacial score (nSPS) is 21.7. The van der Waals surface area contributed by atoms with E-state index in [0.717, 1.165) is 0 Å². The van der Waals surface area contributed by atoms with Gasteiger partial charge in [0.2, 0.25) is 5.91 Å². The summed E-state index contributed by atoms with van der Waals surface area (Å²) in [6.45, 7) is 4.24. The van der Waals surface area contributed by atoms with Gasteiger partial charge in [0.05, 0.1) is 0 Å². The summed E-state index contributed by atoms with van der Waals surface area (Å²) in [5.74, 6) is -0.749. The SMILES string of the molecule is CC(C)CC(NCC1SC(=S)NC1=O)C(=O)O. The molecule has 1 heterocycles. The highest BCUT2D eigenvalue weighted by molar-refractivity contribution is 8.24. The van der Waals surface area contributed by atoms with E-state index in [1.807, 2.05) is 13.8 Å². The lowest BCUT2D eigenvalue weighted by Gasteiger charge is -2.17. The molecule has 0 bridgehead atoms. The number of hydrogen-bond donors (Lipinski definition) is 3. The topological polar surface area (TPSA) is 78.4 Å². The summed E-state index contributed by atoms with van der Waals surface area (Å²) in [6.07, 6.45) is 0.540. The molecule has 0 aromatic rings. The van der Waals surface area contributed by atoms with Crippen LogP contribution in [0.2, 0.25) is 0 Å². The molecule has 17 heavy (non-hydrogen) atoms. The molecule has 5 nitrogen and oxygen atoms in total. The molecule has 7 heteroatoms. The molecule has 0 spiro atoms. The van der Waals surface area contributed by atoms with Crippen LogP contribution >= 0.6 is 24.0 Å². The number of carboxylic acid groups (broad SMARTS) is 1. The zero-order chi connectivity index (χ0) is 13.0. The van der Waals surface area contributed by atoms with Crippen LogP contribution in [0.25, 0.3) is 0 Å². The van der Waals surface area contributed by atoms with Gasteiger partial charge < -0.3 is 15.7 Å². The first-order valence-corrected chi connectivity index (χ1v) is 6.66. The third-order valence-corrected chi connectivity index (χ3v) is 3.69. The molecule has 0 aromatic carbocycles. The molecule has 0 radical (unpaired) electrons. The van der Waals surface area contributed by atoms with Crippen LogP contribution in [0.1, 0.15) is 20.3 Å². The average Bonchev–Trinajstić information content (AvgIpc) is 2.51. The highest BCUT2D eigenvalue weighted by Crippen LogP contribution is 2.18. The van der Waals surface area contributed by atoms with E-state index in [1.54, 1.807) is 0 Å². The van der Waals surface area contributed by atoms with Crippen LogP contribution in [-0.4, -0.2) is 39.1 Å². The first-order valence-electron chi connectivity index (χ1n) is 5.37. The van der Waals surface area contributed by atoms with Gasteiger partial charge in [-0.2, -0.15) is 0 Å². The number of aliphatic carboxylic acids is 1. The number of carbonyl (C=O) groups excluding carboxylic acids is 1. The smallest absolute Gasteiger partial charge is 0.320 e. The Morgan fingerprint density at radius 1 is 1.65 bits per heavy atom. The summed E-state index contributed by atoms with van der Waals surface area (Å²) in [5, 5.41) is 14.1. The fraction of sp³-hybridized carbons (Fsp3) is 0.700. The van der Waals surface area contributed by atoms with Crippen molar-refractivity contribution in [3.8, 4) is 0 Å². The number of carboxylic acids is 1. The fourth-order valence-corrected chi connectivity index (χ4v) is 2.73. The number of hydrogen-bond acceptors (Lipinski definition) is 5. The Balaban J connectivity index is 2.44. The van der Waals surface area contributed by atoms with Crippen molar-refractivity contribution < 1.29 is 14.7 Å². The standard InChI is InChI=1S/C10H16N2O3S2/c1-5(2)3-6(9(14)15)11-4-7-8(13)12-10(16)17-7/h5-7,11H,3-4H2,1-2H3,(H,14,15)(H,12,13,16). The first-order chi connectivity index (χ1) is 7.90. The number of thioether (sulfide) groups is 1. The van der Waals surface area contributed by atoms with Crippen LogP contribution in [0.5, 0.6) is 0 Å². The minimum atomic E-state index is -0.885. The molecule has 0 aliphatic carbocycles. The molecule has 1 aliphatic heterocycles. The quantitative estimate of drug-likeness (QED) is 0.616. The zero-order valence-electron chi connectivity index (χ0n) is 9.73. The Morgan fingerprint density at radius 3 is 2.71 bits per heavy atom. The number of rotatable bonds is 6. The second-order valence-electron chi connectivity index (χ2n) is 4.31. The van der Waals surface area contributed by atoms with Crippen molar-refractivity contribution in [2.75, 3.05) is 6.54 Å². The van der Waals surface area contributed by atoms with E-state index in [0.29, 0.717) is 17.3 Å². The second-order valence-corrected chi connectivity index (χ2v) is 6.19. The van der Waals surface area contributed by atoms with Gasteiger partial charge in [-0.1, -0.05) is 37.8 Å². The molecule has 96 valence electrons. The van der Waals surface area contributed by atoms with E-state index in [-0.39, 0.29) is 17.1 Å². The summed E-state index contributed by atoms with van der Waals surface area (Å²) in [5.41, 5.74) is 0. The Bertz CT molecular complexity index is 334. The summed E-state index contributed by atoms with van der Waals surface area (Å²) in [7, 11) is 0. The summed E-state index contributed by atoms with van der Waals surface area (Å²) >= 11 is 6.12. The Kier molecular flexibility index (Phi) is 5.35. The minimum Gasteiger partial charge on any atom is -0.480 e. The molecular formula is C10H16N2O3S2. The van der Waals surface area contributed by atoms with Crippen LogP contribution in [0.3, 0.4) is 0 Å². The predicted octanol–water partition coefficient (Wildman–Crippen LogP) is 0.592. The van der Waals surface area contributed by atoms with Crippen molar-refractivity contribution in [1.29, 1.82) is 0 Å². The Hall–Kier alpha value is -0.660. The van der Waals surface area contributed by atoms with E-state index < -0.39 is 12.0 Å². The number of thiocarbonyl (C=S) groups is 1. The van der Waals surface area contributed by atoms with E-state index in [2.05, 4.69) is 10.6 Å². The van der Waals surface area contributed by atoms with Gasteiger partial charge in [0, 0.05) is 6.54 Å². The molecule has 3 N–H and O–H groups in total. The van der Waals surface area contributed by atoms with E-state index in [9.17, 15) is 9.59 Å². The Morgan fingerprint density at radius 2 is 2.29 bits per heavy atom. The van der Waals surface area contributed by atoms with Gasteiger partial charge >= 0.3 is 5.97 Å². The van der Waals surface area contributed by atoms with Crippen LogP contribution in [0, 0.1) is 5.92 Å². The lowest BCUT2D eigenvalue weighted by molar-refractivity contribution is -0.140. The minimum absolute atomic E-state index is 0.152. The lowest BCUT2D eigenvalue weighted by atomic mass is 10.0. The lowest BCUT2D eigenvalue weighted by Crippen LogP contribution is -2.43. The summed E-state index contributed by atoms with van der Waals surface area (Å²) in [6, 6.07) is -0.613. The highest BCUT2D eigenvalue weighted by Gasteiger charge is 2.30. The molecule has 1 aliphatic rings. The number of nitrogens with one attached hydrogen (secondary N) is 2. The molecule has 1 saturated heterocycles. The van der Waals surface area contributed by atoms with Gasteiger partial charge in [-0.25, -0.2) is 0 Å². The van der Waals surface area contributed by atoms with Crippen molar-refractivity contribution in [1.82, 2.24) is 10.6 Å². The largest absolute Gasteiger partial charge is 0.480 e. The molecule has 1 amide bonds. The molecule has 1 fully saturated rings. The average molecular weight is 276 g/mol. The van der Waals surface area contributed by atoms with Gasteiger partial charge in [-0.15, -0.1) is 0 Å². The molecular weight excluding hydrogens is 260 g/mol. The van der Waals surface area contributed by atoms with E-state index in [4.69, 9.17) is 17.3 Å². The van der Waals surface area contributed by atoms with Crippen molar-refractivity contribution in [3.05, 3.63) is 0 Å². The van der Waals surface area contributed by atoms with Crippen molar-refractivity contribution in [2.45, 2.75) is 31.6 Å². The maximum absolute atomic E-state index is 11.4. The third kappa shape index (κ3) is 4.61. The maximum atomic E-state index is 11.4. The summed E-state index contributed by atoms with van der Waals surface area (Å²) < 4.78 is 0.456. The Labute approximate surface area is 110 Å². The highest BCUT2D eigenvalue weighted by atomic mass is 32.2. The van der Waals surface area contributed by atoms with Crippen molar-refractivity contribution in [2.24, 2.45) is 5.92 Å². The van der Waals surface area contributed by atoms with E-state index in [1.165, 1.54) is 11.8 Å².